The van der Waals surface area contributed by atoms with Gasteiger partial charge in [0, 0.05) is 17.6 Å². The van der Waals surface area contributed by atoms with Crippen molar-refractivity contribution in [1.29, 1.82) is 0 Å². The van der Waals surface area contributed by atoms with Gasteiger partial charge in [0.1, 0.15) is 0 Å². The maximum atomic E-state index is 13.0. The highest BCUT2D eigenvalue weighted by atomic mass is 35.5. The van der Waals surface area contributed by atoms with Gasteiger partial charge >= 0.3 is 12.1 Å². The van der Waals surface area contributed by atoms with E-state index in [1.54, 1.807) is 18.2 Å². The van der Waals surface area contributed by atoms with E-state index in [0.717, 1.165) is 10.7 Å². The summed E-state index contributed by atoms with van der Waals surface area (Å²) in [5.41, 5.74) is -1.78. The number of hydrogen-bond acceptors (Lipinski definition) is 5. The predicted octanol–water partition coefficient (Wildman–Crippen LogP) is 4.27. The molecule has 1 amide bonds. The number of alkyl halides is 3. The van der Waals surface area contributed by atoms with Crippen molar-refractivity contribution in [2.45, 2.75) is 26.1 Å². The molecule has 2 aromatic carbocycles. The van der Waals surface area contributed by atoms with E-state index in [4.69, 9.17) is 16.3 Å². The van der Waals surface area contributed by atoms with Gasteiger partial charge in [-0.2, -0.15) is 18.3 Å². The fraction of sp³-hybridized carbons (Fsp3) is 0.238. The van der Waals surface area contributed by atoms with Gasteiger partial charge in [-0.3, -0.25) is 9.59 Å². The molecule has 0 aliphatic carbocycles. The molecule has 0 aliphatic rings. The van der Waals surface area contributed by atoms with Crippen LogP contribution in [0.25, 0.3) is 10.8 Å². The smallest absolute Gasteiger partial charge is 0.417 e. The highest BCUT2D eigenvalue weighted by Gasteiger charge is 2.33. The molecule has 1 heterocycles. The minimum atomic E-state index is -4.70. The van der Waals surface area contributed by atoms with E-state index in [0.29, 0.717) is 12.5 Å². The first-order valence-electron chi connectivity index (χ1n) is 9.45. The molecule has 0 saturated heterocycles. The summed E-state index contributed by atoms with van der Waals surface area (Å²) >= 11 is 5.55. The standard InChI is InChI=1S/C21H17ClF3N3O4/c1-2-9-28-19(30)14-6-4-3-5-13(14)18(27-28)20(31)32-11-17(29)26-12-7-8-16(22)15(10-12)21(23,24)25/h3-8,10H,2,9,11H2,1H3,(H,26,29). The number of halogens is 4. The molecule has 1 aromatic heterocycles. The van der Waals surface area contributed by atoms with E-state index in [9.17, 15) is 27.6 Å². The Morgan fingerprint density at radius 1 is 1.16 bits per heavy atom. The molecular weight excluding hydrogens is 451 g/mol. The quantitative estimate of drug-likeness (QED) is 0.547. The van der Waals surface area contributed by atoms with Crippen LogP contribution in [0.1, 0.15) is 29.4 Å². The number of benzene rings is 2. The van der Waals surface area contributed by atoms with Gasteiger partial charge in [-0.25, -0.2) is 9.48 Å². The number of rotatable bonds is 6. The van der Waals surface area contributed by atoms with Crippen LogP contribution in [0.2, 0.25) is 5.02 Å². The van der Waals surface area contributed by atoms with Crippen molar-refractivity contribution in [3.05, 3.63) is 69.1 Å². The molecule has 168 valence electrons. The Morgan fingerprint density at radius 3 is 2.50 bits per heavy atom. The molecule has 3 aromatic rings. The third-order valence-electron chi connectivity index (χ3n) is 4.39. The summed E-state index contributed by atoms with van der Waals surface area (Å²) in [6.45, 7) is 1.35. The third kappa shape index (κ3) is 5.08. The maximum Gasteiger partial charge on any atom is 0.417 e. The zero-order valence-electron chi connectivity index (χ0n) is 16.7. The second-order valence-electron chi connectivity index (χ2n) is 6.74. The summed E-state index contributed by atoms with van der Waals surface area (Å²) in [7, 11) is 0. The Kier molecular flexibility index (Phi) is 6.83. The summed E-state index contributed by atoms with van der Waals surface area (Å²) in [5, 5.41) is 6.30. The lowest BCUT2D eigenvalue weighted by atomic mass is 10.1. The van der Waals surface area contributed by atoms with Crippen molar-refractivity contribution in [3.8, 4) is 0 Å². The minimum absolute atomic E-state index is 0.146. The van der Waals surface area contributed by atoms with Crippen LogP contribution in [-0.2, 0) is 22.3 Å². The van der Waals surface area contributed by atoms with E-state index in [1.807, 2.05) is 6.92 Å². The van der Waals surface area contributed by atoms with Gasteiger partial charge in [-0.15, -0.1) is 0 Å². The number of nitrogens with zero attached hydrogens (tertiary/aromatic N) is 2. The molecule has 0 saturated carbocycles. The number of nitrogens with one attached hydrogen (secondary N) is 1. The lowest BCUT2D eigenvalue weighted by Crippen LogP contribution is -2.27. The number of carbonyl (C=O) groups is 2. The van der Waals surface area contributed by atoms with Crippen LogP contribution in [0.3, 0.4) is 0 Å². The first kappa shape index (κ1) is 23.3. The fourth-order valence-corrected chi connectivity index (χ4v) is 3.19. The highest BCUT2D eigenvalue weighted by Crippen LogP contribution is 2.36. The number of aryl methyl sites for hydroxylation is 1. The van der Waals surface area contributed by atoms with Crippen molar-refractivity contribution < 1.29 is 27.5 Å². The molecular formula is C21H17ClF3N3O4. The molecule has 0 fully saturated rings. The van der Waals surface area contributed by atoms with Crippen LogP contribution in [0.5, 0.6) is 0 Å². The summed E-state index contributed by atoms with van der Waals surface area (Å²) in [6, 6.07) is 9.21. The van der Waals surface area contributed by atoms with E-state index < -0.39 is 35.2 Å². The summed E-state index contributed by atoms with van der Waals surface area (Å²) < 4.78 is 45.0. The van der Waals surface area contributed by atoms with Gasteiger partial charge in [-0.1, -0.05) is 36.7 Å². The minimum Gasteiger partial charge on any atom is -0.451 e. The van der Waals surface area contributed by atoms with Gasteiger partial charge in [0.05, 0.1) is 16.0 Å². The van der Waals surface area contributed by atoms with Crippen LogP contribution < -0.4 is 10.9 Å². The topological polar surface area (TPSA) is 90.3 Å². The molecule has 3 rings (SSSR count). The average Bonchev–Trinajstić information content (AvgIpc) is 2.74. The number of amides is 1. The number of aromatic nitrogens is 2. The number of ether oxygens (including phenoxy) is 1. The van der Waals surface area contributed by atoms with Crippen LogP contribution >= 0.6 is 11.6 Å². The third-order valence-corrected chi connectivity index (χ3v) is 4.72. The Hall–Kier alpha value is -3.40. The zero-order valence-corrected chi connectivity index (χ0v) is 17.5. The zero-order chi connectivity index (χ0) is 23.5. The van der Waals surface area contributed by atoms with Gasteiger partial charge in [0.25, 0.3) is 11.5 Å². The molecule has 0 unspecified atom stereocenters. The SMILES string of the molecule is CCCn1nc(C(=O)OCC(=O)Nc2ccc(Cl)c(C(F)(F)F)c2)c2ccccc2c1=O. The highest BCUT2D eigenvalue weighted by molar-refractivity contribution is 6.31. The Labute approximate surface area is 184 Å². The Bertz CT molecular complexity index is 1240. The van der Waals surface area contributed by atoms with Crippen molar-refractivity contribution in [2.24, 2.45) is 0 Å². The van der Waals surface area contributed by atoms with Gasteiger partial charge < -0.3 is 10.1 Å². The predicted molar refractivity (Wildman–Crippen MR) is 112 cm³/mol. The van der Waals surface area contributed by atoms with Crippen molar-refractivity contribution in [1.82, 2.24) is 9.78 Å². The molecule has 0 bridgehead atoms. The average molecular weight is 468 g/mol. The molecule has 0 radical (unpaired) electrons. The summed E-state index contributed by atoms with van der Waals surface area (Å²) in [6.07, 6.45) is -4.10. The van der Waals surface area contributed by atoms with Gasteiger partial charge in [0.15, 0.2) is 12.3 Å². The van der Waals surface area contributed by atoms with Gasteiger partial charge in [0.2, 0.25) is 0 Å². The van der Waals surface area contributed by atoms with E-state index in [-0.39, 0.29) is 34.3 Å². The number of hydrogen-bond donors (Lipinski definition) is 1. The van der Waals surface area contributed by atoms with Gasteiger partial charge in [-0.05, 0) is 30.7 Å². The molecule has 11 heteroatoms. The van der Waals surface area contributed by atoms with Crippen LogP contribution in [0, 0.1) is 0 Å². The van der Waals surface area contributed by atoms with E-state index >= 15 is 0 Å². The van der Waals surface area contributed by atoms with Crippen LogP contribution in [0.15, 0.2) is 47.3 Å². The number of anilines is 1. The molecule has 32 heavy (non-hydrogen) atoms. The molecule has 0 aliphatic heterocycles. The van der Waals surface area contributed by atoms with Crippen molar-refractivity contribution in [3.63, 3.8) is 0 Å². The normalized spacial score (nSPS) is 11.4. The Morgan fingerprint density at radius 2 is 1.84 bits per heavy atom. The molecule has 7 nitrogen and oxygen atoms in total. The molecule has 0 atom stereocenters. The van der Waals surface area contributed by atoms with E-state index in [2.05, 4.69) is 10.4 Å². The monoisotopic (exact) mass is 467 g/mol. The number of esters is 1. The number of fused-ring (bicyclic) bond motifs is 1. The first-order chi connectivity index (χ1) is 15.1. The second-order valence-corrected chi connectivity index (χ2v) is 7.15. The van der Waals surface area contributed by atoms with E-state index in [1.165, 1.54) is 12.1 Å². The molecule has 1 N–H and O–H groups in total. The largest absolute Gasteiger partial charge is 0.451 e. The van der Waals surface area contributed by atoms with Crippen LogP contribution in [-0.4, -0.2) is 28.3 Å². The Balaban J connectivity index is 1.76. The lowest BCUT2D eigenvalue weighted by molar-refractivity contribution is -0.137. The van der Waals surface area contributed by atoms with Crippen molar-refractivity contribution in [2.75, 3.05) is 11.9 Å². The maximum absolute atomic E-state index is 13.0. The van der Waals surface area contributed by atoms with Crippen molar-refractivity contribution >= 4 is 39.9 Å². The lowest BCUT2D eigenvalue weighted by Gasteiger charge is -2.12. The number of carbonyl (C=O) groups excluding carboxylic acids is 2. The summed E-state index contributed by atoms with van der Waals surface area (Å²) in [4.78, 5) is 37.1. The second kappa shape index (κ2) is 9.39. The fourth-order valence-electron chi connectivity index (χ4n) is 2.97. The van der Waals surface area contributed by atoms with Crippen LogP contribution in [0.4, 0.5) is 18.9 Å². The molecule has 0 spiro atoms. The summed E-state index contributed by atoms with van der Waals surface area (Å²) in [5.74, 6) is -1.81. The first-order valence-corrected chi connectivity index (χ1v) is 9.83.